The fourth-order valence-corrected chi connectivity index (χ4v) is 15.0. The second-order valence-electron chi connectivity index (χ2n) is 23.3. The summed E-state index contributed by atoms with van der Waals surface area (Å²) in [4.78, 5) is 2.57. The average molecular weight is 1090 g/mol. The number of benzene rings is 9. The van der Waals surface area contributed by atoms with Crippen LogP contribution in [0.5, 0.6) is 0 Å². The molecule has 16 rings (SSSR count). The van der Waals surface area contributed by atoms with E-state index in [1.165, 1.54) is 122 Å². The van der Waals surface area contributed by atoms with Crippen LogP contribution in [-0.2, 0) is 10.8 Å². The van der Waals surface area contributed by atoms with Crippen LogP contribution in [0.3, 0.4) is 0 Å². The van der Waals surface area contributed by atoms with E-state index >= 15 is 0 Å². The molecule has 84 heavy (non-hydrogen) atoms. The maximum atomic E-state index is 2.57. The van der Waals surface area contributed by atoms with Crippen molar-refractivity contribution < 1.29 is 0 Å². The van der Waals surface area contributed by atoms with Crippen LogP contribution in [-0.4, -0.2) is 0 Å². The second-order valence-corrected chi connectivity index (χ2v) is 23.3. The van der Waals surface area contributed by atoms with E-state index in [1.807, 2.05) is 13.8 Å². The molecule has 0 N–H and O–H groups in total. The molecule has 9 aromatic rings. The summed E-state index contributed by atoms with van der Waals surface area (Å²) in [5.74, 6) is 0.379. The molecular formula is C83H75N. The van der Waals surface area contributed by atoms with Crippen molar-refractivity contribution in [1.82, 2.24) is 0 Å². The predicted molar refractivity (Wildman–Crippen MR) is 358 cm³/mol. The summed E-state index contributed by atoms with van der Waals surface area (Å²) in [5, 5.41) is 2.68. The van der Waals surface area contributed by atoms with Crippen molar-refractivity contribution in [1.29, 1.82) is 0 Å². The zero-order chi connectivity index (χ0) is 57.2. The molecule has 0 fully saturated rings. The molecule has 3 unspecified atom stereocenters. The standard InChI is InChI=1S/C44H37N.C26H22.C11H10.C2H6/c1-30-13-12-14-31(27-30)32-23-25-39-38-20-9-11-22-42(38)45(43(39)28-32)35-24-26-37-36-19-8-10-21-40(36)44(41(37)29-35,33-15-4-2-5-16-33)34-17-6-3-7-18-34;1-19-16-17-23-22-14-8-9-15-24(22)26(25(23)18-19,20-10-4-2-5-11-20)21-12-6-3-7-13-21;1-9-5-4-7-10-6-2-3-8-11(9)10;1-2/h2-6,8-9,11-17,19,22-29,38H,7,10,18,20-21H2,1H3;2-6,8-12,14-18H,7,13H2,1H3;2-8H,1H3;1-2H3. The Balaban J connectivity index is 0.000000141. The van der Waals surface area contributed by atoms with Crippen LogP contribution in [0.4, 0.5) is 11.4 Å². The maximum Gasteiger partial charge on any atom is 0.0676 e. The van der Waals surface area contributed by atoms with Crippen molar-refractivity contribution >= 4 is 27.7 Å². The smallest absolute Gasteiger partial charge is 0.0676 e. The highest BCUT2D eigenvalue weighted by Gasteiger charge is 2.50. The number of fused-ring (bicyclic) bond motifs is 9. The highest BCUT2D eigenvalue weighted by atomic mass is 15.2. The van der Waals surface area contributed by atoms with Crippen LogP contribution in [0.1, 0.15) is 120 Å². The average Bonchev–Trinajstić information content (AvgIpc) is 1.90. The molecular weight excluding hydrogens is 1010 g/mol. The number of allylic oxidation sites excluding steroid dienone is 16. The Labute approximate surface area is 499 Å². The van der Waals surface area contributed by atoms with Gasteiger partial charge in [0, 0.05) is 17.3 Å². The molecule has 0 amide bonds. The van der Waals surface area contributed by atoms with E-state index in [2.05, 4.69) is 299 Å². The minimum absolute atomic E-state index is 0.177. The fourth-order valence-electron chi connectivity index (χ4n) is 15.0. The van der Waals surface area contributed by atoms with Gasteiger partial charge in [-0.25, -0.2) is 0 Å². The molecule has 0 radical (unpaired) electrons. The third-order valence-electron chi connectivity index (χ3n) is 18.6. The molecule has 6 aliphatic carbocycles. The zero-order valence-electron chi connectivity index (χ0n) is 49.5. The van der Waals surface area contributed by atoms with E-state index in [1.54, 1.807) is 5.57 Å². The van der Waals surface area contributed by atoms with E-state index in [0.717, 1.165) is 44.9 Å². The molecule has 1 nitrogen and oxygen atoms in total. The molecule has 3 atom stereocenters. The van der Waals surface area contributed by atoms with Crippen molar-refractivity contribution in [2.45, 2.75) is 96.3 Å². The van der Waals surface area contributed by atoms with Gasteiger partial charge in [0.15, 0.2) is 0 Å². The summed E-state index contributed by atoms with van der Waals surface area (Å²) in [5.41, 5.74) is 28.7. The lowest BCUT2D eigenvalue weighted by molar-refractivity contribution is 0.644. The molecule has 1 aliphatic heterocycles. The third-order valence-corrected chi connectivity index (χ3v) is 18.6. The Kier molecular flexibility index (Phi) is 15.0. The van der Waals surface area contributed by atoms with Crippen molar-refractivity contribution in [2.24, 2.45) is 0 Å². The molecule has 0 spiro atoms. The molecule has 1 heteroatoms. The summed E-state index contributed by atoms with van der Waals surface area (Å²) < 4.78 is 0. The van der Waals surface area contributed by atoms with E-state index in [9.17, 15) is 0 Å². The quantitative estimate of drug-likeness (QED) is 0.160. The zero-order valence-corrected chi connectivity index (χ0v) is 49.5. The van der Waals surface area contributed by atoms with Gasteiger partial charge < -0.3 is 4.90 Å². The number of aryl methyl sites for hydroxylation is 3. The van der Waals surface area contributed by atoms with Crippen molar-refractivity contribution in [3.05, 3.63) is 351 Å². The van der Waals surface area contributed by atoms with Gasteiger partial charge in [0.2, 0.25) is 0 Å². The Morgan fingerprint density at radius 3 is 1.81 bits per heavy atom. The van der Waals surface area contributed by atoms with Crippen LogP contribution in [0, 0.1) is 20.8 Å². The SMILES string of the molecule is CC.Cc1ccc2c(c1)C(C1=CC=CCC1)(c1ccccc1)c1ccccc1-2.Cc1cccc(-c2ccc3c(c2)N(c2ccc4c(c2)C(C2=CC=CCC2)(c2ccccc2)C2=C4C=CCC2)C2=CC=CCC23)c1.Cc1cccc2ccccc12. The first-order chi connectivity index (χ1) is 41.4. The van der Waals surface area contributed by atoms with Crippen LogP contribution in [0.25, 0.3) is 38.6 Å². The topological polar surface area (TPSA) is 3.24 Å². The Bertz CT molecular complexity index is 4220. The fraction of sp³-hybridized carbons (Fsp3) is 0.181. The molecule has 0 saturated heterocycles. The van der Waals surface area contributed by atoms with Gasteiger partial charge in [-0.2, -0.15) is 0 Å². The highest BCUT2D eigenvalue weighted by Crippen LogP contribution is 2.61. The number of hydrogen-bond acceptors (Lipinski definition) is 1. The Morgan fingerprint density at radius 1 is 0.440 bits per heavy atom. The van der Waals surface area contributed by atoms with Gasteiger partial charge in [0.05, 0.1) is 16.5 Å². The monoisotopic (exact) mass is 1090 g/mol. The molecule has 0 aromatic heterocycles. The second kappa shape index (κ2) is 23.3. The molecule has 9 aromatic carbocycles. The van der Waals surface area contributed by atoms with Crippen molar-refractivity contribution in [3.8, 4) is 22.3 Å². The Hall–Kier alpha value is -9.04. The molecule has 412 valence electrons. The summed E-state index contributed by atoms with van der Waals surface area (Å²) in [6.07, 6.45) is 33.2. The van der Waals surface area contributed by atoms with Gasteiger partial charge in [-0.05, 0) is 179 Å². The number of anilines is 2. The summed E-state index contributed by atoms with van der Waals surface area (Å²) in [6, 6.07) is 76.6. The molecule has 0 bridgehead atoms. The van der Waals surface area contributed by atoms with Crippen LogP contribution in [0.2, 0.25) is 0 Å². The van der Waals surface area contributed by atoms with Crippen molar-refractivity contribution in [2.75, 3.05) is 4.90 Å². The summed E-state index contributed by atoms with van der Waals surface area (Å²) >= 11 is 0. The molecule has 0 saturated carbocycles. The Morgan fingerprint density at radius 2 is 1.06 bits per heavy atom. The van der Waals surface area contributed by atoms with Crippen LogP contribution < -0.4 is 4.90 Å². The molecule has 7 aliphatic rings. The first-order valence-corrected chi connectivity index (χ1v) is 30.8. The van der Waals surface area contributed by atoms with E-state index < -0.39 is 0 Å². The predicted octanol–water partition coefficient (Wildman–Crippen LogP) is 22.2. The van der Waals surface area contributed by atoms with E-state index in [4.69, 9.17) is 0 Å². The highest BCUT2D eigenvalue weighted by molar-refractivity contribution is 5.93. The first-order valence-electron chi connectivity index (χ1n) is 30.8. The summed E-state index contributed by atoms with van der Waals surface area (Å²) in [6.45, 7) is 10.5. The van der Waals surface area contributed by atoms with Crippen LogP contribution >= 0.6 is 0 Å². The lowest BCUT2D eigenvalue weighted by atomic mass is 9.63. The van der Waals surface area contributed by atoms with Crippen molar-refractivity contribution in [3.63, 3.8) is 0 Å². The third kappa shape index (κ3) is 9.26. The normalized spacial score (nSPS) is 19.8. The largest absolute Gasteiger partial charge is 0.313 e. The van der Waals surface area contributed by atoms with E-state index in [-0.39, 0.29) is 10.8 Å². The minimum Gasteiger partial charge on any atom is -0.313 e. The van der Waals surface area contributed by atoms with Gasteiger partial charge in [-0.15, -0.1) is 0 Å². The number of rotatable bonds is 6. The van der Waals surface area contributed by atoms with Gasteiger partial charge in [-0.3, -0.25) is 0 Å². The van der Waals surface area contributed by atoms with Gasteiger partial charge in [0.1, 0.15) is 0 Å². The van der Waals surface area contributed by atoms with Gasteiger partial charge >= 0.3 is 0 Å². The minimum atomic E-state index is -0.246. The lowest BCUT2D eigenvalue weighted by Gasteiger charge is -2.39. The maximum absolute atomic E-state index is 2.57. The molecule has 1 heterocycles. The summed E-state index contributed by atoms with van der Waals surface area (Å²) in [7, 11) is 0. The van der Waals surface area contributed by atoms with Gasteiger partial charge in [0.25, 0.3) is 0 Å². The van der Waals surface area contributed by atoms with Gasteiger partial charge in [-0.1, -0.05) is 285 Å². The first kappa shape index (κ1) is 54.2. The number of nitrogens with zero attached hydrogens (tertiary/aromatic N) is 1. The lowest BCUT2D eigenvalue weighted by Crippen LogP contribution is -2.32. The number of hydrogen-bond donors (Lipinski definition) is 0. The van der Waals surface area contributed by atoms with E-state index in [0.29, 0.717) is 5.92 Å². The van der Waals surface area contributed by atoms with Crippen LogP contribution in [0.15, 0.2) is 296 Å².